The molecule has 4 heteroatoms. The molecule has 1 aromatic heterocycles. The van der Waals surface area contributed by atoms with E-state index in [1.165, 1.54) is 37.2 Å². The molecule has 1 unspecified atom stereocenters. The van der Waals surface area contributed by atoms with Crippen molar-refractivity contribution < 1.29 is 4.74 Å². The van der Waals surface area contributed by atoms with Crippen LogP contribution in [0.5, 0.6) is 0 Å². The molecule has 0 radical (unpaired) electrons. The minimum atomic E-state index is 0.483. The lowest BCUT2D eigenvalue weighted by molar-refractivity contribution is 0.0910. The lowest BCUT2D eigenvalue weighted by Crippen LogP contribution is -2.40. The number of fused-ring (bicyclic) bond motifs is 1. The molecule has 1 aromatic rings. The van der Waals surface area contributed by atoms with Gasteiger partial charge in [-0.25, -0.2) is 4.98 Å². The standard InChI is InChI=1S/C15H25N3O/c1-3-19-10-13-8-18(7-12-5-4-6-12)9-14-15(13)17(2)11-16-14/h11-13H,3-10H2,1-2H3. The molecule has 3 rings (SSSR count). The molecular formula is C15H25N3O. The molecule has 0 N–H and O–H groups in total. The molecule has 4 nitrogen and oxygen atoms in total. The molecule has 0 saturated heterocycles. The van der Waals surface area contributed by atoms with Gasteiger partial charge in [0, 0.05) is 44.9 Å². The third kappa shape index (κ3) is 2.70. The van der Waals surface area contributed by atoms with E-state index in [-0.39, 0.29) is 0 Å². The zero-order valence-corrected chi connectivity index (χ0v) is 12.1. The van der Waals surface area contributed by atoms with E-state index in [0.29, 0.717) is 5.92 Å². The molecule has 1 aliphatic carbocycles. The molecular weight excluding hydrogens is 238 g/mol. The van der Waals surface area contributed by atoms with Crippen molar-refractivity contribution in [2.45, 2.75) is 38.6 Å². The SMILES string of the molecule is CCOCC1CN(CC2CCC2)Cc2ncn(C)c21. The summed E-state index contributed by atoms with van der Waals surface area (Å²) in [4.78, 5) is 7.17. The van der Waals surface area contributed by atoms with Crippen LogP contribution in [0.2, 0.25) is 0 Å². The van der Waals surface area contributed by atoms with E-state index in [2.05, 4.69) is 28.4 Å². The maximum absolute atomic E-state index is 5.68. The lowest BCUT2D eigenvalue weighted by atomic mass is 9.84. The van der Waals surface area contributed by atoms with Gasteiger partial charge in [0.15, 0.2) is 0 Å². The van der Waals surface area contributed by atoms with Crippen LogP contribution in [0.4, 0.5) is 0 Å². The van der Waals surface area contributed by atoms with Crippen LogP contribution >= 0.6 is 0 Å². The molecule has 0 aromatic carbocycles. The second kappa shape index (κ2) is 5.63. The van der Waals surface area contributed by atoms with Crippen molar-refractivity contribution in [1.29, 1.82) is 0 Å². The summed E-state index contributed by atoms with van der Waals surface area (Å²) in [5, 5.41) is 0. The minimum absolute atomic E-state index is 0.483. The number of hydrogen-bond donors (Lipinski definition) is 0. The Hall–Kier alpha value is -0.870. The van der Waals surface area contributed by atoms with Crippen molar-refractivity contribution in [2.24, 2.45) is 13.0 Å². The van der Waals surface area contributed by atoms with E-state index in [9.17, 15) is 0 Å². The van der Waals surface area contributed by atoms with Crippen LogP contribution in [0.15, 0.2) is 6.33 Å². The number of aryl methyl sites for hydroxylation is 1. The normalized spacial score (nSPS) is 24.2. The van der Waals surface area contributed by atoms with Crippen LogP contribution in [0, 0.1) is 5.92 Å². The van der Waals surface area contributed by atoms with Gasteiger partial charge < -0.3 is 9.30 Å². The second-order valence-electron chi connectivity index (χ2n) is 6.03. The van der Waals surface area contributed by atoms with Crippen LogP contribution in [0.25, 0.3) is 0 Å². The quantitative estimate of drug-likeness (QED) is 0.815. The first-order chi connectivity index (χ1) is 9.28. The summed E-state index contributed by atoms with van der Waals surface area (Å²) in [5.41, 5.74) is 2.65. The molecule has 0 spiro atoms. The topological polar surface area (TPSA) is 30.3 Å². The summed E-state index contributed by atoms with van der Waals surface area (Å²) in [7, 11) is 2.10. The van der Waals surface area contributed by atoms with Crippen LogP contribution in [-0.4, -0.2) is 40.8 Å². The van der Waals surface area contributed by atoms with Gasteiger partial charge in [-0.3, -0.25) is 4.90 Å². The highest BCUT2D eigenvalue weighted by Crippen LogP contribution is 2.32. The average molecular weight is 263 g/mol. The zero-order valence-electron chi connectivity index (χ0n) is 12.1. The first-order valence-corrected chi connectivity index (χ1v) is 7.58. The predicted molar refractivity (Wildman–Crippen MR) is 75.1 cm³/mol. The fraction of sp³-hybridized carbons (Fsp3) is 0.800. The van der Waals surface area contributed by atoms with Crippen molar-refractivity contribution in [3.05, 3.63) is 17.7 Å². The summed E-state index contributed by atoms with van der Waals surface area (Å²) in [6.45, 7) is 7.09. The zero-order chi connectivity index (χ0) is 13.2. The predicted octanol–water partition coefficient (Wildman–Crippen LogP) is 2.16. The van der Waals surface area contributed by atoms with Crippen molar-refractivity contribution in [3.63, 3.8) is 0 Å². The number of ether oxygens (including phenoxy) is 1. The highest BCUT2D eigenvalue weighted by Gasteiger charge is 2.31. The molecule has 106 valence electrons. The van der Waals surface area contributed by atoms with Gasteiger partial charge in [0.25, 0.3) is 0 Å². The molecule has 1 aliphatic heterocycles. The van der Waals surface area contributed by atoms with Gasteiger partial charge >= 0.3 is 0 Å². The van der Waals surface area contributed by atoms with Crippen molar-refractivity contribution >= 4 is 0 Å². The van der Waals surface area contributed by atoms with Crippen molar-refractivity contribution in [1.82, 2.24) is 14.5 Å². The maximum Gasteiger partial charge on any atom is 0.0949 e. The van der Waals surface area contributed by atoms with Crippen LogP contribution in [0.1, 0.15) is 43.5 Å². The van der Waals surface area contributed by atoms with E-state index in [1.807, 2.05) is 6.33 Å². The van der Waals surface area contributed by atoms with E-state index >= 15 is 0 Å². The van der Waals surface area contributed by atoms with Crippen LogP contribution in [0.3, 0.4) is 0 Å². The molecule has 19 heavy (non-hydrogen) atoms. The van der Waals surface area contributed by atoms with E-state index in [0.717, 1.165) is 32.2 Å². The monoisotopic (exact) mass is 263 g/mol. The maximum atomic E-state index is 5.68. The van der Waals surface area contributed by atoms with Gasteiger partial charge in [-0.1, -0.05) is 6.42 Å². The van der Waals surface area contributed by atoms with Crippen molar-refractivity contribution in [2.75, 3.05) is 26.3 Å². The number of imidazole rings is 1. The second-order valence-corrected chi connectivity index (χ2v) is 6.03. The Kier molecular flexibility index (Phi) is 3.89. The molecule has 0 bridgehead atoms. The van der Waals surface area contributed by atoms with Crippen LogP contribution in [-0.2, 0) is 18.3 Å². The number of hydrogen-bond acceptors (Lipinski definition) is 3. The Morgan fingerprint density at radius 1 is 1.42 bits per heavy atom. The van der Waals surface area contributed by atoms with Gasteiger partial charge in [0.1, 0.15) is 0 Å². The molecule has 1 atom stereocenters. The van der Waals surface area contributed by atoms with Gasteiger partial charge in [-0.05, 0) is 25.7 Å². The molecule has 1 fully saturated rings. The summed E-state index contributed by atoms with van der Waals surface area (Å²) < 4.78 is 7.86. The Balaban J connectivity index is 1.71. The smallest absolute Gasteiger partial charge is 0.0949 e. The van der Waals surface area contributed by atoms with Crippen LogP contribution < -0.4 is 0 Å². The summed E-state index contributed by atoms with van der Waals surface area (Å²) in [5.74, 6) is 1.41. The first kappa shape index (κ1) is 13.1. The van der Waals surface area contributed by atoms with Gasteiger partial charge in [-0.2, -0.15) is 0 Å². The van der Waals surface area contributed by atoms with Gasteiger partial charge in [-0.15, -0.1) is 0 Å². The number of nitrogens with zero attached hydrogens (tertiary/aromatic N) is 3. The fourth-order valence-electron chi connectivity index (χ4n) is 3.38. The highest BCUT2D eigenvalue weighted by molar-refractivity contribution is 5.21. The minimum Gasteiger partial charge on any atom is -0.381 e. The van der Waals surface area contributed by atoms with Gasteiger partial charge in [0.05, 0.1) is 18.6 Å². The third-order valence-electron chi connectivity index (χ3n) is 4.57. The molecule has 2 heterocycles. The fourth-order valence-corrected chi connectivity index (χ4v) is 3.38. The third-order valence-corrected chi connectivity index (χ3v) is 4.57. The number of aromatic nitrogens is 2. The summed E-state index contributed by atoms with van der Waals surface area (Å²) >= 11 is 0. The Labute approximate surface area is 115 Å². The summed E-state index contributed by atoms with van der Waals surface area (Å²) in [6.07, 6.45) is 6.22. The first-order valence-electron chi connectivity index (χ1n) is 7.58. The molecule has 0 amide bonds. The molecule has 1 saturated carbocycles. The lowest BCUT2D eigenvalue weighted by Gasteiger charge is -2.37. The van der Waals surface area contributed by atoms with Crippen molar-refractivity contribution in [3.8, 4) is 0 Å². The largest absolute Gasteiger partial charge is 0.381 e. The molecule has 2 aliphatic rings. The average Bonchev–Trinajstić information content (AvgIpc) is 2.73. The Morgan fingerprint density at radius 2 is 2.26 bits per heavy atom. The van der Waals surface area contributed by atoms with E-state index in [1.54, 1.807) is 0 Å². The Bertz CT molecular complexity index is 425. The Morgan fingerprint density at radius 3 is 2.95 bits per heavy atom. The van der Waals surface area contributed by atoms with Gasteiger partial charge in [0.2, 0.25) is 0 Å². The number of rotatable bonds is 5. The highest BCUT2D eigenvalue weighted by atomic mass is 16.5. The van der Waals surface area contributed by atoms with E-state index in [4.69, 9.17) is 4.74 Å². The summed E-state index contributed by atoms with van der Waals surface area (Å²) in [6, 6.07) is 0. The van der Waals surface area contributed by atoms with E-state index < -0.39 is 0 Å².